The first-order valence-electron chi connectivity index (χ1n) is 9.31. The van der Waals surface area contributed by atoms with Gasteiger partial charge in [0, 0.05) is 17.3 Å². The third-order valence-corrected chi connectivity index (χ3v) is 5.13. The lowest BCUT2D eigenvalue weighted by Crippen LogP contribution is -2.22. The molecule has 0 spiro atoms. The normalized spacial score (nSPS) is 18.2. The molecule has 0 aromatic carbocycles. The number of carboxylic acid groups (broad SMARTS) is 1. The highest BCUT2D eigenvalue weighted by molar-refractivity contribution is 5.84. The molecule has 2 aromatic heterocycles. The van der Waals surface area contributed by atoms with E-state index in [0.717, 1.165) is 24.6 Å². The number of fused-ring (bicyclic) bond motifs is 3. The number of rotatable bonds is 6. The van der Waals surface area contributed by atoms with Gasteiger partial charge in [-0.15, -0.1) is 0 Å². The van der Waals surface area contributed by atoms with E-state index in [1.807, 2.05) is 6.08 Å². The van der Waals surface area contributed by atoms with Crippen molar-refractivity contribution in [3.8, 4) is 5.95 Å². The number of nitrogens with one attached hydrogen (secondary N) is 1. The summed E-state index contributed by atoms with van der Waals surface area (Å²) in [4.78, 5) is 14.5. The molecular formula is C21H23NO4. The van der Waals surface area contributed by atoms with E-state index in [1.165, 1.54) is 41.8 Å². The van der Waals surface area contributed by atoms with E-state index in [2.05, 4.69) is 24.1 Å². The fourth-order valence-corrected chi connectivity index (χ4v) is 3.88. The molecule has 0 fully saturated rings. The highest BCUT2D eigenvalue weighted by Crippen LogP contribution is 2.29. The minimum Gasteiger partial charge on any atom is -0.475 e. The van der Waals surface area contributed by atoms with Gasteiger partial charge < -0.3 is 19.2 Å². The second-order valence-electron chi connectivity index (χ2n) is 6.90. The summed E-state index contributed by atoms with van der Waals surface area (Å²) < 4.78 is 11.2. The van der Waals surface area contributed by atoms with Crippen LogP contribution in [0.15, 0.2) is 28.7 Å². The maximum Gasteiger partial charge on any atom is 0.371 e. The van der Waals surface area contributed by atoms with Crippen LogP contribution in [0.5, 0.6) is 5.95 Å². The quantitative estimate of drug-likeness (QED) is 0.834. The van der Waals surface area contributed by atoms with Gasteiger partial charge in [0.05, 0.1) is 5.35 Å². The molecule has 0 aliphatic heterocycles. The number of aromatic nitrogens is 1. The lowest BCUT2D eigenvalue weighted by atomic mass is 9.86. The second kappa shape index (κ2) is 6.90. The van der Waals surface area contributed by atoms with Gasteiger partial charge in [0.2, 0.25) is 5.76 Å². The molecule has 26 heavy (non-hydrogen) atoms. The zero-order valence-electron chi connectivity index (χ0n) is 14.9. The van der Waals surface area contributed by atoms with E-state index >= 15 is 0 Å². The average molecular weight is 353 g/mol. The van der Waals surface area contributed by atoms with Crippen molar-refractivity contribution in [3.05, 3.63) is 51.9 Å². The van der Waals surface area contributed by atoms with E-state index in [4.69, 9.17) is 14.3 Å². The van der Waals surface area contributed by atoms with Gasteiger partial charge in [-0.1, -0.05) is 31.9 Å². The Kier molecular flexibility index (Phi) is 4.45. The number of hydrogen-bond acceptors (Lipinski definition) is 3. The van der Waals surface area contributed by atoms with Crippen molar-refractivity contribution in [2.45, 2.75) is 51.4 Å². The average Bonchev–Trinajstić information content (AvgIpc) is 3.26. The summed E-state index contributed by atoms with van der Waals surface area (Å²) in [6.45, 7) is 2.21. The Hall–Kier alpha value is -2.69. The van der Waals surface area contributed by atoms with Gasteiger partial charge in [-0.25, -0.2) is 4.79 Å². The number of aromatic amines is 1. The number of unbranched alkanes of at least 4 members (excludes halogenated alkanes) is 1. The van der Waals surface area contributed by atoms with Gasteiger partial charge in [0.1, 0.15) is 0 Å². The van der Waals surface area contributed by atoms with Gasteiger partial charge in [0.25, 0.3) is 5.95 Å². The highest BCUT2D eigenvalue weighted by atomic mass is 16.6. The molecule has 5 heteroatoms. The van der Waals surface area contributed by atoms with Gasteiger partial charge in [-0.05, 0) is 49.0 Å². The molecule has 2 heterocycles. The zero-order valence-corrected chi connectivity index (χ0v) is 14.9. The van der Waals surface area contributed by atoms with Crippen LogP contribution in [0.2, 0.25) is 0 Å². The maximum atomic E-state index is 11.0. The number of carboxylic acids is 1. The second-order valence-corrected chi connectivity index (χ2v) is 6.90. The third-order valence-electron chi connectivity index (χ3n) is 5.13. The Bertz CT molecular complexity index is 976. The highest BCUT2D eigenvalue weighted by Gasteiger charge is 2.24. The number of allylic oxidation sites excluding steroid dienone is 1. The first-order valence-corrected chi connectivity index (χ1v) is 9.31. The predicted octanol–water partition coefficient (Wildman–Crippen LogP) is 3.45. The molecule has 1 atom stereocenters. The molecule has 0 amide bonds. The summed E-state index contributed by atoms with van der Waals surface area (Å²) in [5.41, 5.74) is 2.75. The fourth-order valence-electron chi connectivity index (χ4n) is 3.88. The predicted molar refractivity (Wildman–Crippen MR) is 98.6 cm³/mol. The molecule has 0 bridgehead atoms. The molecule has 136 valence electrons. The Morgan fingerprint density at radius 3 is 3.08 bits per heavy atom. The van der Waals surface area contributed by atoms with E-state index in [1.54, 1.807) is 6.07 Å². The number of H-pyrrole nitrogens is 1. The lowest BCUT2D eigenvalue weighted by Gasteiger charge is -2.19. The van der Waals surface area contributed by atoms with E-state index in [0.29, 0.717) is 11.7 Å². The van der Waals surface area contributed by atoms with Crippen molar-refractivity contribution >= 4 is 17.8 Å². The summed E-state index contributed by atoms with van der Waals surface area (Å²) in [6.07, 6.45) is 13.3. The molecule has 0 saturated heterocycles. The van der Waals surface area contributed by atoms with Crippen LogP contribution in [0.25, 0.3) is 11.8 Å². The molecule has 1 unspecified atom stereocenters. The van der Waals surface area contributed by atoms with Crippen LogP contribution < -0.4 is 15.4 Å². The summed E-state index contributed by atoms with van der Waals surface area (Å²) in [6, 6.07) is 2.95. The van der Waals surface area contributed by atoms with Crippen molar-refractivity contribution in [1.29, 1.82) is 0 Å². The Morgan fingerprint density at radius 2 is 2.31 bits per heavy atom. The van der Waals surface area contributed by atoms with Crippen LogP contribution >= 0.6 is 0 Å². The van der Waals surface area contributed by atoms with Crippen LogP contribution in [-0.4, -0.2) is 16.1 Å². The van der Waals surface area contributed by atoms with Crippen molar-refractivity contribution in [2.75, 3.05) is 0 Å². The van der Waals surface area contributed by atoms with Crippen molar-refractivity contribution in [2.24, 2.45) is 0 Å². The largest absolute Gasteiger partial charge is 0.475 e. The van der Waals surface area contributed by atoms with E-state index in [-0.39, 0.29) is 11.7 Å². The first-order chi connectivity index (χ1) is 12.7. The minimum atomic E-state index is -1.10. The van der Waals surface area contributed by atoms with E-state index in [9.17, 15) is 4.79 Å². The lowest BCUT2D eigenvalue weighted by molar-refractivity contribution is 0.0657. The van der Waals surface area contributed by atoms with Crippen LogP contribution in [0.3, 0.4) is 0 Å². The molecule has 2 aliphatic rings. The SMILES string of the molecule is CCCCC1C=CC(Oc2ccc(C(=O)O)o2)=c2[nH]c3c(c21)CCCC=3. The molecule has 4 rings (SSSR count). The summed E-state index contributed by atoms with van der Waals surface area (Å²) >= 11 is 0. The third kappa shape index (κ3) is 2.98. The first kappa shape index (κ1) is 16.8. The summed E-state index contributed by atoms with van der Waals surface area (Å²) in [5.74, 6) is 0.0446. The Morgan fingerprint density at radius 1 is 1.42 bits per heavy atom. The van der Waals surface area contributed by atoms with Crippen LogP contribution in [0.4, 0.5) is 0 Å². The van der Waals surface area contributed by atoms with Crippen LogP contribution in [0, 0.1) is 0 Å². The van der Waals surface area contributed by atoms with Crippen molar-refractivity contribution in [3.63, 3.8) is 0 Å². The molecule has 0 radical (unpaired) electrons. The van der Waals surface area contributed by atoms with Gasteiger partial charge >= 0.3 is 5.97 Å². The van der Waals surface area contributed by atoms with Crippen LogP contribution in [0.1, 0.15) is 66.6 Å². The Labute approximate surface area is 151 Å². The number of carbonyl (C=O) groups is 1. The molecule has 2 aromatic rings. The molecular weight excluding hydrogens is 330 g/mol. The van der Waals surface area contributed by atoms with Gasteiger partial charge in [0.15, 0.2) is 5.76 Å². The van der Waals surface area contributed by atoms with Crippen molar-refractivity contribution < 1.29 is 19.1 Å². The van der Waals surface area contributed by atoms with Crippen molar-refractivity contribution in [1.82, 2.24) is 4.98 Å². The minimum absolute atomic E-state index is 0.124. The fraction of sp³-hybridized carbons (Fsp3) is 0.381. The smallest absolute Gasteiger partial charge is 0.371 e. The number of furan rings is 1. The van der Waals surface area contributed by atoms with Crippen LogP contribution in [-0.2, 0) is 6.42 Å². The molecule has 0 saturated carbocycles. The van der Waals surface area contributed by atoms with Gasteiger partial charge in [-0.3, -0.25) is 0 Å². The number of ether oxygens (including phenoxy) is 1. The molecule has 2 N–H and O–H groups in total. The summed E-state index contributed by atoms with van der Waals surface area (Å²) in [5, 5.41) is 11.2. The summed E-state index contributed by atoms with van der Waals surface area (Å²) in [7, 11) is 0. The standard InChI is InChI=1S/C21H23NO4/c1-2-3-6-13-9-10-16(25-18-12-11-17(26-18)21(23)24)20-19(13)14-7-4-5-8-15(14)22-20/h8-13,22H,2-7H2,1H3,(H,23,24). The number of hydrogen-bond donors (Lipinski definition) is 2. The number of aromatic carboxylic acids is 1. The topological polar surface area (TPSA) is 75.5 Å². The van der Waals surface area contributed by atoms with E-state index < -0.39 is 5.97 Å². The zero-order chi connectivity index (χ0) is 18.1. The molecule has 5 nitrogen and oxygen atoms in total. The van der Waals surface area contributed by atoms with Gasteiger partial charge in [-0.2, -0.15) is 0 Å². The maximum absolute atomic E-state index is 11.0. The molecule has 2 aliphatic carbocycles. The Balaban J connectivity index is 1.77. The monoisotopic (exact) mass is 353 g/mol.